The predicted molar refractivity (Wildman–Crippen MR) is 120 cm³/mol. The Morgan fingerprint density at radius 1 is 1.07 bits per heavy atom. The summed E-state index contributed by atoms with van der Waals surface area (Å²) in [6.45, 7) is 10.3. The number of hydrogen-bond acceptors (Lipinski definition) is 4. The molecule has 0 bridgehead atoms. The monoisotopic (exact) mass is 399 g/mol. The van der Waals surface area contributed by atoms with Gasteiger partial charge in [0.05, 0.1) is 0 Å². The lowest BCUT2D eigenvalue weighted by molar-refractivity contribution is -0.121. The van der Waals surface area contributed by atoms with Crippen LogP contribution in [-0.4, -0.2) is 30.7 Å². The average Bonchev–Trinajstić information content (AvgIpc) is 2.68. The van der Waals surface area contributed by atoms with Gasteiger partial charge in [0.2, 0.25) is 0 Å². The van der Waals surface area contributed by atoms with Crippen molar-refractivity contribution in [3.8, 4) is 5.75 Å². The van der Waals surface area contributed by atoms with Crippen LogP contribution in [0.25, 0.3) is 0 Å². The van der Waals surface area contributed by atoms with Gasteiger partial charge in [-0.05, 0) is 67.9 Å². The van der Waals surface area contributed by atoms with Gasteiger partial charge in [0.15, 0.2) is 11.7 Å². The van der Waals surface area contributed by atoms with Crippen LogP contribution in [0.5, 0.6) is 5.75 Å². The van der Waals surface area contributed by atoms with Crippen molar-refractivity contribution >= 4 is 34.6 Å². The van der Waals surface area contributed by atoms with Crippen LogP contribution in [0.1, 0.15) is 39.2 Å². The molecule has 0 saturated heterocycles. The molecular formula is C22H29N3O2S. The van der Waals surface area contributed by atoms with E-state index in [1.807, 2.05) is 48.5 Å². The van der Waals surface area contributed by atoms with Crippen LogP contribution in [0, 0.1) is 0 Å². The third-order valence-corrected chi connectivity index (χ3v) is 4.61. The first-order valence-electron chi connectivity index (χ1n) is 9.62. The first-order valence-corrected chi connectivity index (χ1v) is 10.0. The van der Waals surface area contributed by atoms with E-state index in [2.05, 4.69) is 43.2 Å². The quantitative estimate of drug-likeness (QED) is 0.638. The Morgan fingerprint density at radius 3 is 2.32 bits per heavy atom. The first-order chi connectivity index (χ1) is 13.4. The predicted octanol–water partition coefficient (Wildman–Crippen LogP) is 4.55. The molecule has 2 aromatic carbocycles. The Kier molecular flexibility index (Phi) is 8.26. The number of amides is 1. The summed E-state index contributed by atoms with van der Waals surface area (Å²) in [6.07, 6.45) is 0. The fourth-order valence-corrected chi connectivity index (χ4v) is 3.13. The highest BCUT2D eigenvalue weighted by molar-refractivity contribution is 7.80. The highest BCUT2D eigenvalue weighted by Crippen LogP contribution is 2.25. The van der Waals surface area contributed by atoms with Crippen molar-refractivity contribution in [3.05, 3.63) is 54.1 Å². The number of carbonyl (C=O) groups is 1. The lowest BCUT2D eigenvalue weighted by Gasteiger charge is -2.21. The zero-order valence-corrected chi connectivity index (χ0v) is 17.8. The summed E-state index contributed by atoms with van der Waals surface area (Å²) in [5.41, 5.74) is 3.05. The minimum atomic E-state index is -0.296. The summed E-state index contributed by atoms with van der Waals surface area (Å²) >= 11 is 5.23. The van der Waals surface area contributed by atoms with E-state index in [0.717, 1.165) is 35.8 Å². The molecule has 0 aromatic heterocycles. The number of thiocarbonyl (C=S) groups is 1. The lowest BCUT2D eigenvalue weighted by Crippen LogP contribution is -2.37. The van der Waals surface area contributed by atoms with Crippen LogP contribution in [0.4, 0.5) is 11.4 Å². The Labute approximate surface area is 173 Å². The molecule has 28 heavy (non-hydrogen) atoms. The van der Waals surface area contributed by atoms with Crippen LogP contribution in [0.2, 0.25) is 0 Å². The topological polar surface area (TPSA) is 53.6 Å². The van der Waals surface area contributed by atoms with Crippen LogP contribution in [-0.2, 0) is 4.79 Å². The summed E-state index contributed by atoms with van der Waals surface area (Å²) in [6, 6.07) is 15.7. The third kappa shape index (κ3) is 6.23. The number of ether oxygens (including phenoxy) is 1. The second-order valence-corrected chi connectivity index (χ2v) is 7.11. The fourth-order valence-electron chi connectivity index (χ4n) is 2.90. The average molecular weight is 400 g/mol. The van der Waals surface area contributed by atoms with Crippen LogP contribution in [0.15, 0.2) is 48.5 Å². The normalized spacial score (nSPS) is 10.5. The van der Waals surface area contributed by atoms with Crippen LogP contribution < -0.4 is 20.3 Å². The van der Waals surface area contributed by atoms with Gasteiger partial charge in [0, 0.05) is 24.5 Å². The molecule has 0 radical (unpaired) electrons. The summed E-state index contributed by atoms with van der Waals surface area (Å²) in [4.78, 5) is 14.4. The second-order valence-electron chi connectivity index (χ2n) is 6.70. The molecule has 2 rings (SSSR count). The fraction of sp³-hybridized carbons (Fsp3) is 0.364. The van der Waals surface area contributed by atoms with Gasteiger partial charge in [0.25, 0.3) is 5.91 Å². The Hall–Kier alpha value is -2.60. The maximum atomic E-state index is 12.1. The van der Waals surface area contributed by atoms with E-state index in [0.29, 0.717) is 5.92 Å². The smallest absolute Gasteiger partial charge is 0.264 e. The maximum absolute atomic E-state index is 12.1. The molecule has 1 amide bonds. The Morgan fingerprint density at radius 2 is 1.71 bits per heavy atom. The van der Waals surface area contributed by atoms with E-state index < -0.39 is 0 Å². The standard InChI is InChI=1S/C22H29N3O2S/c1-5-25(6-2)18-13-11-17(12-14-18)23-22(28)24-21(26)15-27-20-10-8-7-9-19(20)16(3)4/h7-14,16H,5-6,15H2,1-4H3,(H2,23,24,26,28). The molecule has 0 fully saturated rings. The van der Waals surface area contributed by atoms with Crippen molar-refractivity contribution in [3.63, 3.8) is 0 Å². The highest BCUT2D eigenvalue weighted by atomic mass is 32.1. The number of anilines is 2. The van der Waals surface area contributed by atoms with Crippen molar-refractivity contribution in [2.45, 2.75) is 33.6 Å². The van der Waals surface area contributed by atoms with Crippen LogP contribution in [0.3, 0.4) is 0 Å². The van der Waals surface area contributed by atoms with E-state index in [9.17, 15) is 4.79 Å². The van der Waals surface area contributed by atoms with Gasteiger partial charge < -0.3 is 15.0 Å². The highest BCUT2D eigenvalue weighted by Gasteiger charge is 2.10. The minimum Gasteiger partial charge on any atom is -0.483 e. The molecule has 150 valence electrons. The number of benzene rings is 2. The van der Waals surface area contributed by atoms with E-state index in [1.165, 1.54) is 0 Å². The largest absolute Gasteiger partial charge is 0.483 e. The Bertz CT molecular complexity index is 787. The second kappa shape index (κ2) is 10.7. The van der Waals surface area contributed by atoms with Gasteiger partial charge in [-0.15, -0.1) is 0 Å². The zero-order valence-electron chi connectivity index (χ0n) is 17.0. The van der Waals surface area contributed by atoms with E-state index in [-0.39, 0.29) is 17.6 Å². The van der Waals surface area contributed by atoms with Crippen molar-refractivity contribution in [2.75, 3.05) is 29.9 Å². The van der Waals surface area contributed by atoms with Gasteiger partial charge in [-0.3, -0.25) is 10.1 Å². The summed E-state index contributed by atoms with van der Waals surface area (Å²) in [5, 5.41) is 5.93. The van der Waals surface area contributed by atoms with Gasteiger partial charge in [-0.25, -0.2) is 0 Å². The van der Waals surface area contributed by atoms with Gasteiger partial charge >= 0.3 is 0 Å². The SMILES string of the molecule is CCN(CC)c1ccc(NC(=S)NC(=O)COc2ccccc2C(C)C)cc1. The maximum Gasteiger partial charge on any atom is 0.264 e. The summed E-state index contributed by atoms with van der Waals surface area (Å²) in [5.74, 6) is 0.746. The molecule has 0 aliphatic carbocycles. The molecule has 0 aliphatic rings. The van der Waals surface area contributed by atoms with Gasteiger partial charge in [-0.2, -0.15) is 0 Å². The summed E-state index contributed by atoms with van der Waals surface area (Å²) < 4.78 is 5.67. The van der Waals surface area contributed by atoms with E-state index in [1.54, 1.807) is 0 Å². The lowest BCUT2D eigenvalue weighted by atomic mass is 10.0. The molecule has 0 spiro atoms. The van der Waals surface area contributed by atoms with Crippen molar-refractivity contribution in [1.29, 1.82) is 0 Å². The molecule has 0 aliphatic heterocycles. The number of carbonyl (C=O) groups excluding carboxylic acids is 1. The van der Waals surface area contributed by atoms with Crippen molar-refractivity contribution < 1.29 is 9.53 Å². The van der Waals surface area contributed by atoms with E-state index >= 15 is 0 Å². The molecule has 0 saturated carbocycles. The third-order valence-electron chi connectivity index (χ3n) is 4.41. The molecule has 2 N–H and O–H groups in total. The van der Waals surface area contributed by atoms with Crippen molar-refractivity contribution in [2.24, 2.45) is 0 Å². The molecule has 6 heteroatoms. The summed E-state index contributed by atoms with van der Waals surface area (Å²) in [7, 11) is 0. The number of nitrogens with zero attached hydrogens (tertiary/aromatic N) is 1. The molecular weight excluding hydrogens is 370 g/mol. The van der Waals surface area contributed by atoms with Gasteiger partial charge in [0.1, 0.15) is 5.75 Å². The number of hydrogen-bond donors (Lipinski definition) is 2. The molecule has 0 atom stereocenters. The first kappa shape index (κ1) is 21.7. The van der Waals surface area contributed by atoms with E-state index in [4.69, 9.17) is 17.0 Å². The number of nitrogens with one attached hydrogen (secondary N) is 2. The Balaban J connectivity index is 1.85. The molecule has 5 nitrogen and oxygen atoms in total. The number of rotatable bonds is 8. The molecule has 0 heterocycles. The molecule has 2 aromatic rings. The number of para-hydroxylation sites is 1. The van der Waals surface area contributed by atoms with Gasteiger partial charge in [-0.1, -0.05) is 32.0 Å². The van der Waals surface area contributed by atoms with Crippen LogP contribution >= 0.6 is 12.2 Å². The molecule has 0 unspecified atom stereocenters. The zero-order chi connectivity index (χ0) is 20.5. The van der Waals surface area contributed by atoms with Crippen molar-refractivity contribution in [1.82, 2.24) is 5.32 Å². The minimum absolute atomic E-state index is 0.0908.